The van der Waals surface area contributed by atoms with Crippen molar-refractivity contribution in [3.8, 4) is 0 Å². The second-order valence-corrected chi connectivity index (χ2v) is 3.76. The predicted molar refractivity (Wildman–Crippen MR) is 60.7 cm³/mol. The van der Waals surface area contributed by atoms with E-state index in [9.17, 15) is 13.2 Å². The quantitative estimate of drug-likeness (QED) is 0.873. The number of nitrogens with one attached hydrogen (secondary N) is 1. The van der Waals surface area contributed by atoms with Crippen molar-refractivity contribution < 1.29 is 13.2 Å². The smallest absolute Gasteiger partial charge is 0.224 e. The lowest BCUT2D eigenvalue weighted by Gasteiger charge is -2.07. The minimum Gasteiger partial charge on any atom is -0.363 e. The van der Waals surface area contributed by atoms with E-state index in [4.69, 9.17) is 11.6 Å². The van der Waals surface area contributed by atoms with Crippen LogP contribution in [0.15, 0.2) is 24.4 Å². The molecule has 2 aromatic rings. The molecule has 0 radical (unpaired) electrons. The van der Waals surface area contributed by atoms with Crippen LogP contribution < -0.4 is 5.32 Å². The van der Waals surface area contributed by atoms with Crippen LogP contribution in [0.5, 0.6) is 0 Å². The highest BCUT2D eigenvalue weighted by Gasteiger charge is 2.08. The molecule has 0 fully saturated rings. The van der Waals surface area contributed by atoms with Crippen molar-refractivity contribution in [2.45, 2.75) is 6.54 Å². The van der Waals surface area contributed by atoms with Crippen molar-refractivity contribution in [2.75, 3.05) is 5.32 Å². The van der Waals surface area contributed by atoms with Crippen LogP contribution in [0.25, 0.3) is 0 Å². The molecule has 0 saturated heterocycles. The summed E-state index contributed by atoms with van der Waals surface area (Å²) in [5.74, 6) is -2.24. The van der Waals surface area contributed by atoms with Gasteiger partial charge in [-0.05, 0) is 17.7 Å². The van der Waals surface area contributed by atoms with Crippen molar-refractivity contribution in [1.82, 2.24) is 9.97 Å². The highest BCUT2D eigenvalue weighted by molar-refractivity contribution is 6.28. The van der Waals surface area contributed by atoms with Gasteiger partial charge >= 0.3 is 0 Å². The average Bonchev–Trinajstić information content (AvgIpc) is 2.32. The third-order valence-electron chi connectivity index (χ3n) is 2.18. The first-order valence-corrected chi connectivity index (χ1v) is 5.30. The summed E-state index contributed by atoms with van der Waals surface area (Å²) in [6, 6.07) is 3.13. The Morgan fingerprint density at radius 2 is 1.94 bits per heavy atom. The summed E-state index contributed by atoms with van der Waals surface area (Å²) >= 11 is 5.50. The van der Waals surface area contributed by atoms with Crippen molar-refractivity contribution >= 4 is 17.4 Å². The van der Waals surface area contributed by atoms with Gasteiger partial charge in [0.15, 0.2) is 11.6 Å². The molecule has 0 amide bonds. The molecule has 0 atom stereocenters. The Hall–Kier alpha value is -1.82. The van der Waals surface area contributed by atoms with E-state index in [-0.39, 0.29) is 23.2 Å². The normalized spacial score (nSPS) is 10.4. The second kappa shape index (κ2) is 5.22. The molecule has 0 unspecified atom stereocenters. The lowest BCUT2D eigenvalue weighted by Crippen LogP contribution is -2.06. The standard InChI is InChI=1S/C11H7ClF3N3/c12-11-17-5-9(15)10(18-11)16-4-6-1-2-7(13)3-8(6)14/h1-3,5H,4H2,(H,16,17,18). The fraction of sp³-hybridized carbons (Fsp3) is 0.0909. The van der Waals surface area contributed by atoms with Crippen LogP contribution in [-0.2, 0) is 6.54 Å². The van der Waals surface area contributed by atoms with E-state index in [1.54, 1.807) is 0 Å². The third kappa shape index (κ3) is 2.89. The minimum atomic E-state index is -0.719. The van der Waals surface area contributed by atoms with Gasteiger partial charge in [-0.2, -0.15) is 4.98 Å². The van der Waals surface area contributed by atoms with E-state index >= 15 is 0 Å². The molecule has 18 heavy (non-hydrogen) atoms. The maximum atomic E-state index is 13.3. The Bertz CT molecular complexity index is 577. The average molecular weight is 274 g/mol. The minimum absolute atomic E-state index is 0.0453. The molecule has 0 aliphatic heterocycles. The second-order valence-electron chi connectivity index (χ2n) is 3.42. The molecule has 1 heterocycles. The van der Waals surface area contributed by atoms with Crippen LogP contribution in [0.4, 0.5) is 19.0 Å². The van der Waals surface area contributed by atoms with E-state index in [1.165, 1.54) is 6.07 Å². The summed E-state index contributed by atoms with van der Waals surface area (Å²) in [6.45, 7) is -0.0453. The first-order chi connectivity index (χ1) is 8.56. The summed E-state index contributed by atoms with van der Waals surface area (Å²) in [5.41, 5.74) is 0.186. The number of rotatable bonds is 3. The summed E-state index contributed by atoms with van der Waals surface area (Å²) in [6.07, 6.45) is 0.901. The molecule has 0 saturated carbocycles. The first kappa shape index (κ1) is 12.6. The van der Waals surface area contributed by atoms with Crippen LogP contribution in [0, 0.1) is 17.5 Å². The van der Waals surface area contributed by atoms with Gasteiger partial charge in [0.05, 0.1) is 6.20 Å². The zero-order chi connectivity index (χ0) is 13.1. The fourth-order valence-electron chi connectivity index (χ4n) is 1.31. The molecule has 1 aromatic heterocycles. The summed E-state index contributed by atoms with van der Waals surface area (Å²) in [5, 5.41) is 2.43. The highest BCUT2D eigenvalue weighted by Crippen LogP contribution is 2.15. The summed E-state index contributed by atoms with van der Waals surface area (Å²) < 4.78 is 39.2. The van der Waals surface area contributed by atoms with Crippen LogP contribution in [0.1, 0.15) is 5.56 Å². The van der Waals surface area contributed by atoms with Gasteiger partial charge in [0.2, 0.25) is 5.28 Å². The van der Waals surface area contributed by atoms with Crippen molar-refractivity contribution in [1.29, 1.82) is 0 Å². The van der Waals surface area contributed by atoms with E-state index in [2.05, 4.69) is 15.3 Å². The lowest BCUT2D eigenvalue weighted by atomic mass is 10.2. The molecule has 7 heteroatoms. The van der Waals surface area contributed by atoms with E-state index < -0.39 is 17.5 Å². The van der Waals surface area contributed by atoms with E-state index in [0.717, 1.165) is 18.3 Å². The zero-order valence-electron chi connectivity index (χ0n) is 8.92. The first-order valence-electron chi connectivity index (χ1n) is 4.92. The molecule has 0 aliphatic rings. The SMILES string of the molecule is Fc1ccc(CNc2nc(Cl)ncc2F)c(F)c1. The topological polar surface area (TPSA) is 37.8 Å². The van der Waals surface area contributed by atoms with Gasteiger partial charge in [-0.1, -0.05) is 6.07 Å². The molecule has 1 aromatic carbocycles. The molecule has 0 bridgehead atoms. The molecule has 0 aliphatic carbocycles. The molecule has 0 spiro atoms. The van der Waals surface area contributed by atoms with Crippen LogP contribution >= 0.6 is 11.6 Å². The van der Waals surface area contributed by atoms with Crippen molar-refractivity contribution in [3.63, 3.8) is 0 Å². The number of benzene rings is 1. The third-order valence-corrected chi connectivity index (χ3v) is 2.36. The Morgan fingerprint density at radius 3 is 2.67 bits per heavy atom. The molecular weight excluding hydrogens is 267 g/mol. The van der Waals surface area contributed by atoms with Crippen molar-refractivity contribution in [3.05, 3.63) is 52.7 Å². The van der Waals surface area contributed by atoms with Gasteiger partial charge in [-0.15, -0.1) is 0 Å². The molecule has 3 nitrogen and oxygen atoms in total. The molecular formula is C11H7ClF3N3. The number of hydrogen-bond donors (Lipinski definition) is 1. The van der Waals surface area contributed by atoms with Gasteiger partial charge in [-0.25, -0.2) is 18.2 Å². The molecule has 2 rings (SSSR count). The molecule has 94 valence electrons. The Labute approximate surface area is 106 Å². The van der Waals surface area contributed by atoms with Gasteiger partial charge in [-0.3, -0.25) is 0 Å². The molecule has 1 N–H and O–H groups in total. The summed E-state index contributed by atoms with van der Waals surface area (Å²) in [4.78, 5) is 7.05. The van der Waals surface area contributed by atoms with Crippen LogP contribution in [-0.4, -0.2) is 9.97 Å². The predicted octanol–water partition coefficient (Wildman–Crippen LogP) is 3.16. The maximum absolute atomic E-state index is 13.3. The summed E-state index contributed by atoms with van der Waals surface area (Å²) in [7, 11) is 0. The Morgan fingerprint density at radius 1 is 1.17 bits per heavy atom. The van der Waals surface area contributed by atoms with Gasteiger partial charge in [0, 0.05) is 18.2 Å². The number of aromatic nitrogens is 2. The number of nitrogens with zero attached hydrogens (tertiary/aromatic N) is 2. The van der Waals surface area contributed by atoms with Gasteiger partial charge in [0.25, 0.3) is 0 Å². The number of anilines is 1. The largest absolute Gasteiger partial charge is 0.363 e. The van der Waals surface area contributed by atoms with Gasteiger partial charge in [0.1, 0.15) is 11.6 Å². The van der Waals surface area contributed by atoms with E-state index in [0.29, 0.717) is 0 Å². The van der Waals surface area contributed by atoms with E-state index in [1.807, 2.05) is 0 Å². The number of hydrogen-bond acceptors (Lipinski definition) is 3. The lowest BCUT2D eigenvalue weighted by molar-refractivity contribution is 0.573. The Balaban J connectivity index is 2.13. The monoisotopic (exact) mass is 273 g/mol. The zero-order valence-corrected chi connectivity index (χ0v) is 9.68. The van der Waals surface area contributed by atoms with Crippen LogP contribution in [0.2, 0.25) is 5.28 Å². The van der Waals surface area contributed by atoms with Gasteiger partial charge < -0.3 is 5.32 Å². The van der Waals surface area contributed by atoms with Crippen molar-refractivity contribution in [2.24, 2.45) is 0 Å². The Kier molecular flexibility index (Phi) is 3.66. The van der Waals surface area contributed by atoms with Crippen LogP contribution in [0.3, 0.4) is 0 Å². The number of halogens is 4. The highest BCUT2D eigenvalue weighted by atomic mass is 35.5. The maximum Gasteiger partial charge on any atom is 0.224 e. The fourth-order valence-corrected chi connectivity index (χ4v) is 1.45.